The van der Waals surface area contributed by atoms with Crippen LogP contribution in [-0.4, -0.2) is 84.6 Å². The monoisotopic (exact) mass is 771 g/mol. The van der Waals surface area contributed by atoms with Crippen LogP contribution in [0, 0.1) is 21.6 Å². The SMILES string of the molecule is CC(C)(C)C(=N)/C=C(/NC(=O)NC1CC[C@@H](Oc2ccc(=N)n(C(=N)N3CCCCC3)c2)c2ccccc21)Nc1ccc(Cl)c(OCCN2CCOCC2)c1. The van der Waals surface area contributed by atoms with Crippen molar-refractivity contribution in [3.8, 4) is 11.5 Å². The summed E-state index contributed by atoms with van der Waals surface area (Å²) in [4.78, 5) is 18.0. The molecular formula is C41H54ClN9O4. The van der Waals surface area contributed by atoms with Gasteiger partial charge in [0, 0.05) is 61.7 Å². The van der Waals surface area contributed by atoms with Crippen molar-refractivity contribution in [2.45, 2.75) is 65.0 Å². The molecule has 1 unspecified atom stereocenters. The van der Waals surface area contributed by atoms with E-state index in [2.05, 4.69) is 20.9 Å². The summed E-state index contributed by atoms with van der Waals surface area (Å²) in [7, 11) is 0. The van der Waals surface area contributed by atoms with Crippen LogP contribution in [0.4, 0.5) is 10.5 Å². The van der Waals surface area contributed by atoms with Crippen molar-refractivity contribution in [1.29, 1.82) is 16.2 Å². The highest BCUT2D eigenvalue weighted by molar-refractivity contribution is 6.32. The minimum atomic E-state index is -0.454. The van der Waals surface area contributed by atoms with Crippen LogP contribution in [0.1, 0.15) is 76.1 Å². The lowest BCUT2D eigenvalue weighted by Gasteiger charge is -2.33. The van der Waals surface area contributed by atoms with Gasteiger partial charge < -0.3 is 35.2 Å². The summed E-state index contributed by atoms with van der Waals surface area (Å²) in [5, 5.41) is 35.8. The Hall–Kier alpha value is -4.85. The molecule has 3 aromatic rings. The molecule has 2 aromatic carbocycles. The van der Waals surface area contributed by atoms with Gasteiger partial charge in [0.2, 0.25) is 5.96 Å². The second-order valence-corrected chi connectivity index (χ2v) is 15.7. The maximum Gasteiger partial charge on any atom is 0.320 e. The smallest absolute Gasteiger partial charge is 0.320 e. The first-order valence-corrected chi connectivity index (χ1v) is 19.6. The number of carbonyl (C=O) groups is 1. The number of allylic oxidation sites excluding steroid dienone is 1. The van der Waals surface area contributed by atoms with Crippen LogP contribution in [0.2, 0.25) is 5.02 Å². The number of nitrogens with one attached hydrogen (secondary N) is 6. The lowest BCUT2D eigenvalue weighted by Crippen LogP contribution is -2.43. The number of likely N-dealkylation sites (tertiary alicyclic amines) is 1. The molecule has 6 rings (SSSR count). The number of hydrogen-bond donors (Lipinski definition) is 6. The number of halogens is 1. The zero-order valence-corrected chi connectivity index (χ0v) is 32.8. The number of rotatable bonds is 11. The number of amides is 2. The van der Waals surface area contributed by atoms with E-state index in [9.17, 15) is 4.79 Å². The number of hydrogen-bond acceptors (Lipinski definition) is 9. The van der Waals surface area contributed by atoms with E-state index in [0.717, 1.165) is 76.3 Å². The molecule has 2 amide bonds. The molecule has 0 bridgehead atoms. The highest BCUT2D eigenvalue weighted by atomic mass is 35.5. The number of anilines is 1. The quantitative estimate of drug-likeness (QED) is 0.0915. The second kappa shape index (κ2) is 18.2. The number of benzene rings is 2. The summed E-state index contributed by atoms with van der Waals surface area (Å²) in [6.45, 7) is 11.9. The van der Waals surface area contributed by atoms with Gasteiger partial charge in [-0.2, -0.15) is 0 Å². The van der Waals surface area contributed by atoms with Gasteiger partial charge in [0.05, 0.1) is 30.5 Å². The summed E-state index contributed by atoms with van der Waals surface area (Å²) >= 11 is 6.50. The van der Waals surface area contributed by atoms with Crippen molar-refractivity contribution in [1.82, 2.24) is 25.0 Å². The highest BCUT2D eigenvalue weighted by Crippen LogP contribution is 2.38. The van der Waals surface area contributed by atoms with Gasteiger partial charge in [0.15, 0.2) is 0 Å². The minimum Gasteiger partial charge on any atom is -0.491 e. The molecule has 1 aliphatic carbocycles. The number of carbonyl (C=O) groups excluding carboxylic acids is 1. The van der Waals surface area contributed by atoms with Crippen LogP contribution in [0.15, 0.2) is 72.7 Å². The number of fused-ring (bicyclic) bond motifs is 1. The van der Waals surface area contributed by atoms with Gasteiger partial charge in [-0.25, -0.2) is 4.79 Å². The van der Waals surface area contributed by atoms with Gasteiger partial charge >= 0.3 is 6.03 Å². The van der Waals surface area contributed by atoms with Crippen LogP contribution in [0.5, 0.6) is 11.5 Å². The van der Waals surface area contributed by atoms with E-state index in [0.29, 0.717) is 59.1 Å². The number of piperidine rings is 1. The third kappa shape index (κ3) is 10.7. The fraction of sp³-hybridized carbons (Fsp3) is 0.463. The van der Waals surface area contributed by atoms with Crippen molar-refractivity contribution >= 4 is 35.0 Å². The van der Waals surface area contributed by atoms with Gasteiger partial charge in [-0.3, -0.25) is 25.6 Å². The summed E-state index contributed by atoms with van der Waals surface area (Å²) in [6.07, 6.45) is 7.61. The lowest BCUT2D eigenvalue weighted by atomic mass is 9.85. The predicted molar refractivity (Wildman–Crippen MR) is 215 cm³/mol. The molecule has 2 aliphatic heterocycles. The van der Waals surface area contributed by atoms with Crippen LogP contribution in [0.3, 0.4) is 0 Å². The van der Waals surface area contributed by atoms with E-state index < -0.39 is 11.4 Å². The number of aromatic nitrogens is 1. The molecule has 2 fully saturated rings. The molecule has 3 aliphatic rings. The van der Waals surface area contributed by atoms with Crippen LogP contribution >= 0.6 is 11.6 Å². The highest BCUT2D eigenvalue weighted by Gasteiger charge is 2.30. The number of ether oxygens (including phenoxy) is 3. The standard InChI is InChI=1S/C41H54ClN9O4/c1-41(2,3)36(43)26-38(46-28-11-13-32(42)35(25-28)54-24-21-49-19-22-53-23-20-49)48-40(52)47-33-14-15-34(31-10-6-5-9-30(31)33)55-29-12-16-37(44)51(27-29)39(45)50-17-7-4-8-18-50/h5-6,9-13,16,25-27,33-34,43-46H,4,7-8,14-15,17-24H2,1-3H3,(H2,47,48,52)/b38-26+,43-36?,44-37?,45-39?/t33?,34-/m1/s1. The third-order valence-corrected chi connectivity index (χ3v) is 10.5. The van der Waals surface area contributed by atoms with Gasteiger partial charge in [0.1, 0.15) is 35.5 Å². The Labute approximate surface area is 328 Å². The molecule has 6 N–H and O–H groups in total. The lowest BCUT2D eigenvalue weighted by molar-refractivity contribution is 0.0322. The largest absolute Gasteiger partial charge is 0.491 e. The van der Waals surface area contributed by atoms with E-state index >= 15 is 0 Å². The molecule has 1 aromatic heterocycles. The molecule has 2 saturated heterocycles. The fourth-order valence-electron chi connectivity index (χ4n) is 6.91. The Bertz CT molecular complexity index is 1930. The molecule has 13 nitrogen and oxygen atoms in total. The average Bonchev–Trinajstić information content (AvgIpc) is 3.17. The van der Waals surface area contributed by atoms with E-state index in [4.69, 9.17) is 42.0 Å². The second-order valence-electron chi connectivity index (χ2n) is 15.2. The van der Waals surface area contributed by atoms with Crippen LogP contribution in [0.25, 0.3) is 0 Å². The Kier molecular flexibility index (Phi) is 13.2. The number of nitrogens with zero attached hydrogens (tertiary/aromatic N) is 3. The Morgan fingerprint density at radius 1 is 0.982 bits per heavy atom. The van der Waals surface area contributed by atoms with Crippen molar-refractivity contribution < 1.29 is 19.0 Å². The van der Waals surface area contributed by atoms with Gasteiger partial charge in [-0.15, -0.1) is 0 Å². The first-order valence-electron chi connectivity index (χ1n) is 19.2. The molecular weight excluding hydrogens is 718 g/mol. The zero-order chi connectivity index (χ0) is 39.0. The predicted octanol–water partition coefficient (Wildman–Crippen LogP) is 6.87. The van der Waals surface area contributed by atoms with Crippen molar-refractivity contribution in [3.63, 3.8) is 0 Å². The normalized spacial score (nSPS) is 19.2. The van der Waals surface area contributed by atoms with Gasteiger partial charge in [-0.1, -0.05) is 56.6 Å². The molecule has 0 radical (unpaired) electrons. The minimum absolute atomic E-state index is 0.229. The Morgan fingerprint density at radius 3 is 2.47 bits per heavy atom. The first-order chi connectivity index (χ1) is 26.4. The van der Waals surface area contributed by atoms with Crippen LogP contribution < -0.4 is 30.9 Å². The van der Waals surface area contributed by atoms with E-state index in [1.165, 1.54) is 0 Å². The molecule has 0 saturated carbocycles. The maximum atomic E-state index is 13.7. The summed E-state index contributed by atoms with van der Waals surface area (Å²) in [6, 6.07) is 16.0. The summed E-state index contributed by atoms with van der Waals surface area (Å²) in [5.74, 6) is 1.73. The molecule has 294 valence electrons. The third-order valence-electron chi connectivity index (χ3n) is 10.1. The number of pyridine rings is 1. The van der Waals surface area contributed by atoms with Gasteiger partial charge in [0.25, 0.3) is 0 Å². The fourth-order valence-corrected chi connectivity index (χ4v) is 7.08. The topological polar surface area (TPSA) is 164 Å². The molecule has 0 spiro atoms. The number of morpholine rings is 1. The molecule has 14 heteroatoms. The van der Waals surface area contributed by atoms with Crippen molar-refractivity contribution in [3.05, 3.63) is 94.3 Å². The van der Waals surface area contributed by atoms with E-state index in [1.807, 2.05) is 49.9 Å². The van der Waals surface area contributed by atoms with Crippen molar-refractivity contribution in [2.75, 3.05) is 57.9 Å². The zero-order valence-electron chi connectivity index (χ0n) is 32.1. The molecule has 3 heterocycles. The Morgan fingerprint density at radius 2 is 1.73 bits per heavy atom. The number of urea groups is 1. The summed E-state index contributed by atoms with van der Waals surface area (Å²) < 4.78 is 19.6. The van der Waals surface area contributed by atoms with E-state index in [-0.39, 0.29) is 17.6 Å². The van der Waals surface area contributed by atoms with Crippen molar-refractivity contribution in [2.24, 2.45) is 5.41 Å². The molecule has 2 atom stereocenters. The first kappa shape index (κ1) is 39.8. The average molecular weight is 772 g/mol. The maximum absolute atomic E-state index is 13.7. The van der Waals surface area contributed by atoms with Gasteiger partial charge in [-0.05, 0) is 67.5 Å². The Balaban J connectivity index is 1.13. The molecule has 55 heavy (non-hydrogen) atoms. The van der Waals surface area contributed by atoms with Crippen LogP contribution in [-0.2, 0) is 4.74 Å². The van der Waals surface area contributed by atoms with E-state index in [1.54, 1.807) is 47.2 Å². The summed E-state index contributed by atoms with van der Waals surface area (Å²) in [5.41, 5.74) is 2.68.